The normalized spacial score (nSPS) is 12.7. The van der Waals surface area contributed by atoms with Gasteiger partial charge in [-0.2, -0.15) is 0 Å². The third-order valence-corrected chi connectivity index (χ3v) is 2.65. The molecule has 0 aliphatic carbocycles. The van der Waals surface area contributed by atoms with E-state index in [1.54, 1.807) is 24.3 Å². The lowest BCUT2D eigenvalue weighted by atomic mass is 10.1. The minimum atomic E-state index is -0.466. The molecule has 4 nitrogen and oxygen atoms in total. The van der Waals surface area contributed by atoms with Crippen LogP contribution in [0, 0.1) is 0 Å². The molecular weight excluding hydrogens is 238 g/mol. The van der Waals surface area contributed by atoms with Gasteiger partial charge in [0.25, 0.3) is 0 Å². The number of carbonyl (C=O) groups excluding carboxylic acids is 1. The van der Waals surface area contributed by atoms with Gasteiger partial charge >= 0.3 is 0 Å². The summed E-state index contributed by atoms with van der Waals surface area (Å²) in [7, 11) is 3.95. The second-order valence-corrected chi connectivity index (χ2v) is 4.58. The van der Waals surface area contributed by atoms with Crippen LogP contribution < -0.4 is 11.1 Å². The summed E-state index contributed by atoms with van der Waals surface area (Å²) in [6.07, 6.45) is 0. The lowest BCUT2D eigenvalue weighted by Gasteiger charge is -2.17. The topological polar surface area (TPSA) is 58.4 Å². The number of amides is 1. The Hall–Kier alpha value is -1.10. The second-order valence-electron chi connectivity index (χ2n) is 4.14. The summed E-state index contributed by atoms with van der Waals surface area (Å²) in [6.45, 7) is 1.54. The van der Waals surface area contributed by atoms with Crippen LogP contribution in [0.2, 0.25) is 5.02 Å². The van der Waals surface area contributed by atoms with Gasteiger partial charge < -0.3 is 16.0 Å². The molecule has 1 atom stereocenters. The van der Waals surface area contributed by atoms with E-state index in [2.05, 4.69) is 5.32 Å². The van der Waals surface area contributed by atoms with E-state index in [9.17, 15) is 4.79 Å². The zero-order valence-corrected chi connectivity index (χ0v) is 10.9. The van der Waals surface area contributed by atoms with Crippen LogP contribution in [0.1, 0.15) is 11.6 Å². The van der Waals surface area contributed by atoms with Crippen molar-refractivity contribution in [3.63, 3.8) is 0 Å². The summed E-state index contributed by atoms with van der Waals surface area (Å²) < 4.78 is 0. The van der Waals surface area contributed by atoms with Crippen LogP contribution in [-0.4, -0.2) is 38.0 Å². The fourth-order valence-corrected chi connectivity index (χ4v) is 1.60. The number of likely N-dealkylation sites (N-methyl/N-ethyl adjacent to an activating group) is 1. The molecule has 0 aromatic heterocycles. The molecule has 94 valence electrons. The van der Waals surface area contributed by atoms with Gasteiger partial charge in [0.1, 0.15) is 6.04 Å². The van der Waals surface area contributed by atoms with Gasteiger partial charge in [0.2, 0.25) is 5.91 Å². The smallest absolute Gasteiger partial charge is 0.239 e. The Morgan fingerprint density at radius 2 is 2.00 bits per heavy atom. The minimum Gasteiger partial charge on any atom is -0.368 e. The van der Waals surface area contributed by atoms with Gasteiger partial charge in [-0.15, -0.1) is 0 Å². The molecular formula is C12H18ClN3O. The molecule has 0 bridgehead atoms. The highest BCUT2D eigenvalue weighted by Crippen LogP contribution is 2.16. The van der Waals surface area contributed by atoms with Crippen molar-refractivity contribution in [3.8, 4) is 0 Å². The standard InChI is InChI=1S/C12H18ClN3O/c1-16(2)8-7-15-11(12(14)17)9-3-5-10(13)6-4-9/h3-6,11,15H,7-8H2,1-2H3,(H2,14,17). The van der Waals surface area contributed by atoms with Crippen molar-refractivity contribution in [2.24, 2.45) is 5.73 Å². The second kappa shape index (κ2) is 6.59. The number of hydrogen-bond acceptors (Lipinski definition) is 3. The maximum absolute atomic E-state index is 11.4. The van der Waals surface area contributed by atoms with Crippen molar-refractivity contribution in [1.29, 1.82) is 0 Å². The molecule has 1 amide bonds. The largest absolute Gasteiger partial charge is 0.368 e. The maximum Gasteiger partial charge on any atom is 0.239 e. The molecule has 0 heterocycles. The molecule has 1 aromatic rings. The van der Waals surface area contributed by atoms with E-state index < -0.39 is 6.04 Å². The molecule has 17 heavy (non-hydrogen) atoms. The molecule has 0 aliphatic heterocycles. The summed E-state index contributed by atoms with van der Waals surface area (Å²) in [5.74, 6) is -0.383. The van der Waals surface area contributed by atoms with Gasteiger partial charge in [-0.1, -0.05) is 23.7 Å². The van der Waals surface area contributed by atoms with E-state index in [-0.39, 0.29) is 5.91 Å². The lowest BCUT2D eigenvalue weighted by molar-refractivity contribution is -0.120. The predicted octanol–water partition coefficient (Wildman–Crippen LogP) is 1.02. The number of primary amides is 1. The fourth-order valence-electron chi connectivity index (χ4n) is 1.47. The van der Waals surface area contributed by atoms with E-state index in [1.807, 2.05) is 19.0 Å². The molecule has 0 saturated carbocycles. The Kier molecular flexibility index (Phi) is 5.41. The van der Waals surface area contributed by atoms with Gasteiger partial charge in [0.05, 0.1) is 0 Å². The highest BCUT2D eigenvalue weighted by Gasteiger charge is 2.16. The fraction of sp³-hybridized carbons (Fsp3) is 0.417. The first kappa shape index (κ1) is 14.0. The number of halogens is 1. The maximum atomic E-state index is 11.4. The molecule has 1 rings (SSSR count). The molecule has 1 unspecified atom stereocenters. The summed E-state index contributed by atoms with van der Waals surface area (Å²) in [5.41, 5.74) is 6.21. The molecule has 0 radical (unpaired) electrons. The van der Waals surface area contributed by atoms with Crippen LogP contribution in [0.5, 0.6) is 0 Å². The monoisotopic (exact) mass is 255 g/mol. The summed E-state index contributed by atoms with van der Waals surface area (Å²) in [4.78, 5) is 13.4. The molecule has 5 heteroatoms. The average Bonchev–Trinajstić information content (AvgIpc) is 2.25. The van der Waals surface area contributed by atoms with Gasteiger partial charge in [0, 0.05) is 18.1 Å². The molecule has 3 N–H and O–H groups in total. The van der Waals surface area contributed by atoms with E-state index in [1.165, 1.54) is 0 Å². The van der Waals surface area contributed by atoms with Crippen molar-refractivity contribution < 1.29 is 4.79 Å². The SMILES string of the molecule is CN(C)CCNC(C(N)=O)c1ccc(Cl)cc1. The third-order valence-electron chi connectivity index (χ3n) is 2.40. The number of nitrogens with one attached hydrogen (secondary N) is 1. The molecule has 0 saturated heterocycles. The number of nitrogens with zero attached hydrogens (tertiary/aromatic N) is 1. The van der Waals surface area contributed by atoms with Gasteiger partial charge in [-0.3, -0.25) is 4.79 Å². The van der Waals surface area contributed by atoms with E-state index in [0.717, 1.165) is 12.1 Å². The lowest BCUT2D eigenvalue weighted by Crippen LogP contribution is -2.37. The zero-order chi connectivity index (χ0) is 12.8. The first-order chi connectivity index (χ1) is 8.00. The Morgan fingerprint density at radius 1 is 1.41 bits per heavy atom. The van der Waals surface area contributed by atoms with Crippen LogP contribution in [0.4, 0.5) is 0 Å². The van der Waals surface area contributed by atoms with Gasteiger partial charge in [0.15, 0.2) is 0 Å². The van der Waals surface area contributed by atoms with Crippen LogP contribution in [0.15, 0.2) is 24.3 Å². The summed E-state index contributed by atoms with van der Waals surface area (Å²) >= 11 is 5.80. The van der Waals surface area contributed by atoms with Crippen LogP contribution in [-0.2, 0) is 4.79 Å². The van der Waals surface area contributed by atoms with Crippen LogP contribution >= 0.6 is 11.6 Å². The number of benzene rings is 1. The van der Waals surface area contributed by atoms with E-state index >= 15 is 0 Å². The number of nitrogens with two attached hydrogens (primary N) is 1. The highest BCUT2D eigenvalue weighted by molar-refractivity contribution is 6.30. The van der Waals surface area contributed by atoms with E-state index in [0.29, 0.717) is 11.6 Å². The van der Waals surface area contributed by atoms with Crippen molar-refractivity contribution in [2.45, 2.75) is 6.04 Å². The summed E-state index contributed by atoms with van der Waals surface area (Å²) in [6, 6.07) is 6.65. The number of rotatable bonds is 6. The molecule has 1 aromatic carbocycles. The Labute approximate surface area is 107 Å². The first-order valence-corrected chi connectivity index (χ1v) is 5.81. The Morgan fingerprint density at radius 3 is 2.47 bits per heavy atom. The van der Waals surface area contributed by atoms with Crippen LogP contribution in [0.3, 0.4) is 0 Å². The van der Waals surface area contributed by atoms with Crippen LogP contribution in [0.25, 0.3) is 0 Å². The van der Waals surface area contributed by atoms with E-state index in [4.69, 9.17) is 17.3 Å². The quantitative estimate of drug-likeness (QED) is 0.798. The van der Waals surface area contributed by atoms with Crippen molar-refractivity contribution in [3.05, 3.63) is 34.9 Å². The highest BCUT2D eigenvalue weighted by atomic mass is 35.5. The minimum absolute atomic E-state index is 0.383. The zero-order valence-electron chi connectivity index (χ0n) is 10.1. The van der Waals surface area contributed by atoms with Gasteiger partial charge in [-0.25, -0.2) is 0 Å². The van der Waals surface area contributed by atoms with Gasteiger partial charge in [-0.05, 0) is 31.8 Å². The Bertz CT molecular complexity index is 365. The average molecular weight is 256 g/mol. The molecule has 0 fully saturated rings. The van der Waals surface area contributed by atoms with Crippen molar-refractivity contribution >= 4 is 17.5 Å². The predicted molar refractivity (Wildman–Crippen MR) is 69.9 cm³/mol. The number of hydrogen-bond donors (Lipinski definition) is 2. The molecule has 0 spiro atoms. The number of carbonyl (C=O) groups is 1. The first-order valence-electron chi connectivity index (χ1n) is 5.43. The molecule has 0 aliphatic rings. The third kappa shape index (κ3) is 4.73. The van der Waals surface area contributed by atoms with Crippen molar-refractivity contribution in [2.75, 3.05) is 27.2 Å². The summed E-state index contributed by atoms with van der Waals surface area (Å²) in [5, 5.41) is 3.77. The Balaban J connectivity index is 2.66. The van der Waals surface area contributed by atoms with Crippen molar-refractivity contribution in [1.82, 2.24) is 10.2 Å².